The van der Waals surface area contributed by atoms with Crippen LogP contribution < -0.4 is 5.32 Å². The van der Waals surface area contributed by atoms with Gasteiger partial charge >= 0.3 is 11.9 Å². The molecule has 0 bridgehead atoms. The number of unbranched alkanes of at least 4 members (excludes halogenated alkanes) is 1. The van der Waals surface area contributed by atoms with E-state index in [1.54, 1.807) is 20.8 Å². The molecule has 0 aliphatic rings. The van der Waals surface area contributed by atoms with E-state index in [-0.39, 0.29) is 30.8 Å². The zero-order valence-electron chi connectivity index (χ0n) is 13.1. The Morgan fingerprint density at radius 2 is 1.81 bits per heavy atom. The molecule has 0 atom stereocenters. The number of ether oxygens (including phenoxy) is 2. The maximum Gasteiger partial charge on any atom is 0.333 e. The summed E-state index contributed by atoms with van der Waals surface area (Å²) in [7, 11) is 0. The topological polar surface area (TPSA) is 81.7 Å². The predicted molar refractivity (Wildman–Crippen MR) is 78.5 cm³/mol. The van der Waals surface area contributed by atoms with E-state index in [0.717, 1.165) is 0 Å². The Morgan fingerprint density at radius 3 is 2.38 bits per heavy atom. The maximum atomic E-state index is 11.4. The van der Waals surface area contributed by atoms with Gasteiger partial charge in [-0.15, -0.1) is 0 Å². The fraction of sp³-hybridized carbons (Fsp3) is 0.667. The van der Waals surface area contributed by atoms with Gasteiger partial charge < -0.3 is 14.8 Å². The Hall–Kier alpha value is -1.85. The molecule has 0 fully saturated rings. The molecule has 0 heterocycles. The number of carbonyl (C=O) groups excluding carboxylic acids is 3. The molecular weight excluding hydrogens is 274 g/mol. The van der Waals surface area contributed by atoms with Crippen LogP contribution in [0.1, 0.15) is 46.5 Å². The Labute approximate surface area is 125 Å². The average molecular weight is 299 g/mol. The summed E-state index contributed by atoms with van der Waals surface area (Å²) in [5, 5.41) is 2.70. The van der Waals surface area contributed by atoms with Gasteiger partial charge in [-0.05, 0) is 33.6 Å². The van der Waals surface area contributed by atoms with Crippen molar-refractivity contribution in [2.45, 2.75) is 52.6 Å². The van der Waals surface area contributed by atoms with Crippen LogP contribution in [-0.2, 0) is 23.9 Å². The molecule has 0 aromatic rings. The van der Waals surface area contributed by atoms with Crippen molar-refractivity contribution in [3.63, 3.8) is 0 Å². The summed E-state index contributed by atoms with van der Waals surface area (Å²) in [5.41, 5.74) is 0.372. The summed E-state index contributed by atoms with van der Waals surface area (Å²) in [6.07, 6.45) is 1.40. The van der Waals surface area contributed by atoms with Crippen molar-refractivity contribution in [1.29, 1.82) is 0 Å². The first-order chi connectivity index (χ1) is 9.82. The van der Waals surface area contributed by atoms with Gasteiger partial charge in [-0.3, -0.25) is 9.59 Å². The summed E-state index contributed by atoms with van der Waals surface area (Å²) in [6.45, 7) is 9.39. The van der Waals surface area contributed by atoms with Gasteiger partial charge in [0.05, 0.1) is 19.1 Å². The zero-order chi connectivity index (χ0) is 16.3. The first-order valence-corrected chi connectivity index (χ1v) is 7.11. The number of rotatable bonds is 10. The molecule has 1 N–H and O–H groups in total. The van der Waals surface area contributed by atoms with E-state index in [0.29, 0.717) is 31.6 Å². The second-order valence-corrected chi connectivity index (χ2v) is 5.01. The molecule has 0 aromatic carbocycles. The Kier molecular flexibility index (Phi) is 9.92. The third-order valence-electron chi connectivity index (χ3n) is 2.40. The van der Waals surface area contributed by atoms with Crippen molar-refractivity contribution in [3.8, 4) is 0 Å². The second-order valence-electron chi connectivity index (χ2n) is 5.01. The van der Waals surface area contributed by atoms with E-state index < -0.39 is 5.97 Å². The van der Waals surface area contributed by atoms with Crippen LogP contribution >= 0.6 is 0 Å². The van der Waals surface area contributed by atoms with E-state index >= 15 is 0 Å². The minimum Gasteiger partial charge on any atom is -0.463 e. The molecule has 0 unspecified atom stereocenters. The molecule has 0 aromatic heterocycles. The Morgan fingerprint density at radius 1 is 1.14 bits per heavy atom. The number of hydrogen-bond donors (Lipinski definition) is 1. The van der Waals surface area contributed by atoms with Crippen LogP contribution in [0.25, 0.3) is 0 Å². The van der Waals surface area contributed by atoms with Crippen LogP contribution in [0.3, 0.4) is 0 Å². The van der Waals surface area contributed by atoms with E-state index in [9.17, 15) is 14.4 Å². The summed E-state index contributed by atoms with van der Waals surface area (Å²) in [4.78, 5) is 33.8. The fourth-order valence-electron chi connectivity index (χ4n) is 1.37. The highest BCUT2D eigenvalue weighted by molar-refractivity contribution is 5.86. The number of esters is 2. The fourth-order valence-corrected chi connectivity index (χ4v) is 1.37. The van der Waals surface area contributed by atoms with Gasteiger partial charge in [-0.25, -0.2) is 4.79 Å². The van der Waals surface area contributed by atoms with E-state index in [2.05, 4.69) is 11.9 Å². The molecule has 0 radical (unpaired) electrons. The van der Waals surface area contributed by atoms with Crippen molar-refractivity contribution in [3.05, 3.63) is 12.2 Å². The lowest BCUT2D eigenvalue weighted by molar-refractivity contribution is -0.148. The summed E-state index contributed by atoms with van der Waals surface area (Å²) >= 11 is 0. The zero-order valence-corrected chi connectivity index (χ0v) is 13.1. The molecule has 21 heavy (non-hydrogen) atoms. The van der Waals surface area contributed by atoms with Crippen molar-refractivity contribution in [1.82, 2.24) is 5.32 Å². The van der Waals surface area contributed by atoms with Crippen LogP contribution in [0.15, 0.2) is 12.2 Å². The molecule has 1 amide bonds. The standard InChI is InChI=1S/C15H25NO5/c1-11(2)15(19)20-10-6-5-9-16-13(17)7-8-14(18)21-12(3)4/h12H,1,5-10H2,2-4H3,(H,16,17). The molecule has 6 heteroatoms. The lowest BCUT2D eigenvalue weighted by Gasteiger charge is -2.08. The third kappa shape index (κ3) is 11.7. The smallest absolute Gasteiger partial charge is 0.333 e. The second kappa shape index (κ2) is 10.9. The molecule has 120 valence electrons. The van der Waals surface area contributed by atoms with Crippen LogP contribution in [0.4, 0.5) is 0 Å². The van der Waals surface area contributed by atoms with Gasteiger partial charge in [-0.2, -0.15) is 0 Å². The monoisotopic (exact) mass is 299 g/mol. The molecule has 0 saturated heterocycles. The minimum atomic E-state index is -0.400. The maximum absolute atomic E-state index is 11.4. The summed E-state index contributed by atoms with van der Waals surface area (Å²) < 4.78 is 9.84. The van der Waals surface area contributed by atoms with Crippen LogP contribution in [0, 0.1) is 0 Å². The number of carbonyl (C=O) groups is 3. The molecule has 0 saturated carbocycles. The van der Waals surface area contributed by atoms with Crippen molar-refractivity contribution >= 4 is 17.8 Å². The van der Waals surface area contributed by atoms with Crippen LogP contribution in [0.2, 0.25) is 0 Å². The van der Waals surface area contributed by atoms with Crippen molar-refractivity contribution < 1.29 is 23.9 Å². The highest BCUT2D eigenvalue weighted by atomic mass is 16.5. The van der Waals surface area contributed by atoms with Gasteiger partial charge in [0.25, 0.3) is 0 Å². The molecule has 0 aliphatic heterocycles. The molecule has 0 spiro atoms. The highest BCUT2D eigenvalue weighted by Gasteiger charge is 2.09. The number of nitrogens with one attached hydrogen (secondary N) is 1. The Bertz CT molecular complexity index is 376. The number of hydrogen-bond acceptors (Lipinski definition) is 5. The minimum absolute atomic E-state index is 0.0836. The number of amides is 1. The lowest BCUT2D eigenvalue weighted by Crippen LogP contribution is -2.25. The van der Waals surface area contributed by atoms with E-state index in [1.165, 1.54) is 0 Å². The average Bonchev–Trinajstić information content (AvgIpc) is 2.39. The van der Waals surface area contributed by atoms with Crippen molar-refractivity contribution in [2.75, 3.05) is 13.2 Å². The largest absolute Gasteiger partial charge is 0.463 e. The van der Waals surface area contributed by atoms with Gasteiger partial charge in [0.15, 0.2) is 0 Å². The van der Waals surface area contributed by atoms with Crippen molar-refractivity contribution in [2.24, 2.45) is 0 Å². The summed E-state index contributed by atoms with van der Waals surface area (Å²) in [5.74, 6) is -0.954. The summed E-state index contributed by atoms with van der Waals surface area (Å²) in [6, 6.07) is 0. The Balaban J connectivity index is 3.52. The van der Waals surface area contributed by atoms with Gasteiger partial charge in [0.2, 0.25) is 5.91 Å². The van der Waals surface area contributed by atoms with Gasteiger partial charge in [0.1, 0.15) is 0 Å². The van der Waals surface area contributed by atoms with Gasteiger partial charge in [-0.1, -0.05) is 6.58 Å². The van der Waals surface area contributed by atoms with E-state index in [4.69, 9.17) is 9.47 Å². The SMILES string of the molecule is C=C(C)C(=O)OCCCCNC(=O)CCC(=O)OC(C)C. The normalized spacial score (nSPS) is 10.1. The first-order valence-electron chi connectivity index (χ1n) is 7.11. The molecule has 6 nitrogen and oxygen atoms in total. The quantitative estimate of drug-likeness (QED) is 0.377. The lowest BCUT2D eigenvalue weighted by atomic mass is 10.2. The molecule has 0 aliphatic carbocycles. The highest BCUT2D eigenvalue weighted by Crippen LogP contribution is 1.98. The molecular formula is C15H25NO5. The van der Waals surface area contributed by atoms with Crippen LogP contribution in [-0.4, -0.2) is 37.1 Å². The third-order valence-corrected chi connectivity index (χ3v) is 2.40. The van der Waals surface area contributed by atoms with E-state index in [1.807, 2.05) is 0 Å². The van der Waals surface area contributed by atoms with Crippen LogP contribution in [0.5, 0.6) is 0 Å². The van der Waals surface area contributed by atoms with Gasteiger partial charge in [0, 0.05) is 18.5 Å². The molecule has 0 rings (SSSR count). The first kappa shape index (κ1) is 19.1. The predicted octanol–water partition coefficient (Wildman–Crippen LogP) is 1.73.